The van der Waals surface area contributed by atoms with Gasteiger partial charge in [0.2, 0.25) is 0 Å². The molecule has 0 bridgehead atoms. The summed E-state index contributed by atoms with van der Waals surface area (Å²) < 4.78 is 5.35. The van der Waals surface area contributed by atoms with Crippen molar-refractivity contribution in [3.8, 4) is 11.1 Å². The Labute approximate surface area is 173 Å². The monoisotopic (exact) mass is 397 g/mol. The van der Waals surface area contributed by atoms with E-state index in [9.17, 15) is 9.59 Å². The van der Waals surface area contributed by atoms with Crippen LogP contribution in [0, 0.1) is 0 Å². The number of nitrogens with zero attached hydrogens (tertiary/aromatic N) is 3. The molecule has 2 aromatic heterocycles. The number of ether oxygens (including phenoxy) is 1. The average molecular weight is 397 g/mol. The van der Waals surface area contributed by atoms with Crippen molar-refractivity contribution in [1.29, 1.82) is 0 Å². The van der Waals surface area contributed by atoms with Crippen LogP contribution in [-0.2, 0) is 4.74 Å². The Bertz CT molecular complexity index is 1280. The highest BCUT2D eigenvalue weighted by atomic mass is 16.5. The normalized spacial score (nSPS) is 14.2. The molecule has 2 aromatic carbocycles. The number of aldehydes is 1. The molecule has 0 aliphatic carbocycles. The maximum atomic E-state index is 13.0. The molecule has 6 heteroatoms. The fraction of sp³-hybridized carbons (Fsp3) is 0.167. The van der Waals surface area contributed by atoms with Gasteiger partial charge in [-0.1, -0.05) is 18.2 Å². The van der Waals surface area contributed by atoms with Crippen LogP contribution in [-0.4, -0.2) is 53.4 Å². The van der Waals surface area contributed by atoms with Crippen molar-refractivity contribution in [2.24, 2.45) is 0 Å². The Morgan fingerprint density at radius 2 is 1.83 bits per heavy atom. The van der Waals surface area contributed by atoms with Gasteiger partial charge in [0.25, 0.3) is 5.91 Å². The van der Waals surface area contributed by atoms with Gasteiger partial charge in [0.05, 0.1) is 24.2 Å². The van der Waals surface area contributed by atoms with Gasteiger partial charge < -0.3 is 9.64 Å². The molecular weight excluding hydrogens is 378 g/mol. The third kappa shape index (κ3) is 3.31. The third-order valence-corrected chi connectivity index (χ3v) is 5.40. The van der Waals surface area contributed by atoms with E-state index in [0.717, 1.165) is 33.7 Å². The molecule has 0 unspecified atom stereocenters. The molecule has 3 heterocycles. The molecule has 0 radical (unpaired) electrons. The van der Waals surface area contributed by atoms with Crippen LogP contribution in [0.2, 0.25) is 0 Å². The van der Waals surface area contributed by atoms with Crippen LogP contribution < -0.4 is 0 Å². The van der Waals surface area contributed by atoms with Crippen molar-refractivity contribution in [1.82, 2.24) is 14.9 Å². The van der Waals surface area contributed by atoms with E-state index < -0.39 is 0 Å². The highest BCUT2D eigenvalue weighted by Crippen LogP contribution is 2.31. The van der Waals surface area contributed by atoms with Crippen molar-refractivity contribution < 1.29 is 14.3 Å². The topological polar surface area (TPSA) is 72.4 Å². The number of benzene rings is 2. The van der Waals surface area contributed by atoms with Crippen LogP contribution in [0.1, 0.15) is 20.8 Å². The molecular formula is C24H19N3O3. The van der Waals surface area contributed by atoms with Crippen molar-refractivity contribution in [2.45, 2.75) is 0 Å². The Morgan fingerprint density at radius 1 is 1.00 bits per heavy atom. The number of morpholine rings is 1. The van der Waals surface area contributed by atoms with Gasteiger partial charge in [0, 0.05) is 41.2 Å². The quantitative estimate of drug-likeness (QED) is 0.493. The summed E-state index contributed by atoms with van der Waals surface area (Å²) in [6, 6.07) is 17.1. The Kier molecular flexibility index (Phi) is 4.69. The number of carbonyl (C=O) groups excluding carboxylic acids is 2. The number of para-hydroxylation sites is 1. The van der Waals surface area contributed by atoms with Gasteiger partial charge in [-0.15, -0.1) is 0 Å². The van der Waals surface area contributed by atoms with Gasteiger partial charge >= 0.3 is 0 Å². The molecule has 1 aliphatic rings. The van der Waals surface area contributed by atoms with Crippen LogP contribution in [0.3, 0.4) is 0 Å². The Morgan fingerprint density at radius 3 is 2.67 bits per heavy atom. The van der Waals surface area contributed by atoms with E-state index in [0.29, 0.717) is 43.1 Å². The predicted molar refractivity (Wildman–Crippen MR) is 115 cm³/mol. The summed E-state index contributed by atoms with van der Waals surface area (Å²) in [7, 11) is 0. The first-order valence-electron chi connectivity index (χ1n) is 9.85. The lowest BCUT2D eigenvalue weighted by Gasteiger charge is -2.27. The van der Waals surface area contributed by atoms with E-state index in [1.54, 1.807) is 29.3 Å². The van der Waals surface area contributed by atoms with Gasteiger partial charge in [-0.05, 0) is 42.0 Å². The average Bonchev–Trinajstić information content (AvgIpc) is 2.82. The highest BCUT2D eigenvalue weighted by molar-refractivity contribution is 6.03. The summed E-state index contributed by atoms with van der Waals surface area (Å²) in [5.41, 5.74) is 4.22. The fourth-order valence-corrected chi connectivity index (χ4v) is 3.85. The SMILES string of the molecule is O=Cc1cc(-c2cnc3ccccc3c2)c2cc(C(=O)N3CCOCC3)ccc2n1. The lowest BCUT2D eigenvalue weighted by molar-refractivity contribution is 0.0303. The molecule has 1 saturated heterocycles. The minimum Gasteiger partial charge on any atom is -0.378 e. The van der Waals surface area contributed by atoms with Crippen LogP contribution in [0.4, 0.5) is 0 Å². The zero-order chi connectivity index (χ0) is 20.5. The minimum absolute atomic E-state index is 0.0257. The van der Waals surface area contributed by atoms with E-state index in [4.69, 9.17) is 4.74 Å². The van der Waals surface area contributed by atoms with Gasteiger partial charge in [0.1, 0.15) is 5.69 Å². The van der Waals surface area contributed by atoms with Gasteiger partial charge in [0.15, 0.2) is 6.29 Å². The molecule has 1 aliphatic heterocycles. The van der Waals surface area contributed by atoms with Gasteiger partial charge in [-0.2, -0.15) is 0 Å². The van der Waals surface area contributed by atoms with Crippen molar-refractivity contribution >= 4 is 34.0 Å². The summed E-state index contributed by atoms with van der Waals surface area (Å²) in [6.07, 6.45) is 2.53. The van der Waals surface area contributed by atoms with Crippen LogP contribution >= 0.6 is 0 Å². The molecule has 0 atom stereocenters. The maximum absolute atomic E-state index is 13.0. The summed E-state index contributed by atoms with van der Waals surface area (Å²) >= 11 is 0. The van der Waals surface area contributed by atoms with E-state index in [1.807, 2.05) is 36.4 Å². The Balaban J connectivity index is 1.66. The molecule has 1 fully saturated rings. The number of fused-ring (bicyclic) bond motifs is 2. The zero-order valence-electron chi connectivity index (χ0n) is 16.2. The summed E-state index contributed by atoms with van der Waals surface area (Å²) in [6.45, 7) is 2.27. The lowest BCUT2D eigenvalue weighted by atomic mass is 9.98. The molecule has 30 heavy (non-hydrogen) atoms. The smallest absolute Gasteiger partial charge is 0.254 e. The van der Waals surface area contributed by atoms with E-state index in [-0.39, 0.29) is 5.91 Å². The largest absolute Gasteiger partial charge is 0.378 e. The molecule has 0 spiro atoms. The first-order chi connectivity index (χ1) is 14.7. The summed E-state index contributed by atoms with van der Waals surface area (Å²) in [5, 5.41) is 1.82. The molecule has 0 N–H and O–H groups in total. The molecule has 1 amide bonds. The number of hydrogen-bond acceptors (Lipinski definition) is 5. The second-order valence-corrected chi connectivity index (χ2v) is 7.27. The Hall–Kier alpha value is -3.64. The lowest BCUT2D eigenvalue weighted by Crippen LogP contribution is -2.40. The summed E-state index contributed by atoms with van der Waals surface area (Å²) in [4.78, 5) is 35.2. The molecule has 5 rings (SSSR count). The number of rotatable bonds is 3. The molecule has 0 saturated carbocycles. The van der Waals surface area contributed by atoms with Gasteiger partial charge in [-0.3, -0.25) is 14.6 Å². The number of amides is 1. The fourth-order valence-electron chi connectivity index (χ4n) is 3.85. The standard InChI is InChI=1S/C24H19N3O3/c28-15-19-13-20(18-11-16-3-1-2-4-22(16)25-14-18)21-12-17(5-6-23(21)26-19)24(29)27-7-9-30-10-8-27/h1-6,11-15H,7-10H2. The van der Waals surface area contributed by atoms with E-state index in [1.165, 1.54) is 0 Å². The minimum atomic E-state index is -0.0257. The maximum Gasteiger partial charge on any atom is 0.254 e. The summed E-state index contributed by atoms with van der Waals surface area (Å²) in [5.74, 6) is -0.0257. The van der Waals surface area contributed by atoms with Crippen molar-refractivity contribution in [3.63, 3.8) is 0 Å². The van der Waals surface area contributed by atoms with Crippen molar-refractivity contribution in [2.75, 3.05) is 26.3 Å². The highest BCUT2D eigenvalue weighted by Gasteiger charge is 2.20. The van der Waals surface area contributed by atoms with E-state index >= 15 is 0 Å². The first kappa shape index (κ1) is 18.4. The molecule has 4 aromatic rings. The van der Waals surface area contributed by atoms with Gasteiger partial charge in [-0.25, -0.2) is 4.98 Å². The first-order valence-corrected chi connectivity index (χ1v) is 9.85. The number of hydrogen-bond donors (Lipinski definition) is 0. The number of pyridine rings is 2. The second-order valence-electron chi connectivity index (χ2n) is 7.27. The van der Waals surface area contributed by atoms with Crippen LogP contribution in [0.15, 0.2) is 60.8 Å². The predicted octanol–water partition coefficient (Wildman–Crippen LogP) is 3.73. The number of aromatic nitrogens is 2. The van der Waals surface area contributed by atoms with E-state index in [2.05, 4.69) is 9.97 Å². The number of carbonyl (C=O) groups is 2. The third-order valence-electron chi connectivity index (χ3n) is 5.40. The van der Waals surface area contributed by atoms with Crippen LogP contribution in [0.5, 0.6) is 0 Å². The van der Waals surface area contributed by atoms with Crippen LogP contribution in [0.25, 0.3) is 32.9 Å². The second kappa shape index (κ2) is 7.65. The molecule has 148 valence electrons. The zero-order valence-corrected chi connectivity index (χ0v) is 16.2. The van der Waals surface area contributed by atoms with Crippen molar-refractivity contribution in [3.05, 3.63) is 72.1 Å². The molecule has 6 nitrogen and oxygen atoms in total.